The Labute approximate surface area is 149 Å². The van der Waals surface area contributed by atoms with Crippen LogP contribution in [-0.2, 0) is 4.79 Å². The van der Waals surface area contributed by atoms with Crippen LogP contribution in [0.15, 0.2) is 53.6 Å². The van der Waals surface area contributed by atoms with Gasteiger partial charge in [0.1, 0.15) is 0 Å². The molecular formula is C19H27N5O. The van der Waals surface area contributed by atoms with Crippen molar-refractivity contribution >= 4 is 11.6 Å². The molecule has 134 valence electrons. The van der Waals surface area contributed by atoms with E-state index in [0.717, 1.165) is 29.9 Å². The summed E-state index contributed by atoms with van der Waals surface area (Å²) in [6, 6.07) is 3.87. The van der Waals surface area contributed by atoms with E-state index in [-0.39, 0.29) is 11.8 Å². The molecular weight excluding hydrogens is 314 g/mol. The van der Waals surface area contributed by atoms with E-state index in [9.17, 15) is 4.79 Å². The molecule has 0 aromatic carbocycles. The van der Waals surface area contributed by atoms with Crippen LogP contribution in [-0.4, -0.2) is 48.7 Å². The summed E-state index contributed by atoms with van der Waals surface area (Å²) in [4.78, 5) is 18.6. The Morgan fingerprint density at radius 2 is 2.12 bits per heavy atom. The van der Waals surface area contributed by atoms with Crippen molar-refractivity contribution in [2.75, 3.05) is 27.2 Å². The lowest BCUT2D eigenvalue weighted by Crippen LogP contribution is -2.35. The Balaban J connectivity index is 2.10. The molecule has 1 aromatic heterocycles. The number of pyridine rings is 1. The first-order chi connectivity index (χ1) is 12.1. The van der Waals surface area contributed by atoms with E-state index in [0.29, 0.717) is 13.0 Å². The lowest BCUT2D eigenvalue weighted by atomic mass is 10.0. The molecule has 1 aliphatic heterocycles. The van der Waals surface area contributed by atoms with Crippen molar-refractivity contribution in [3.8, 4) is 0 Å². The number of nitrogens with one attached hydrogen (secondary N) is 2. The number of hydrogen-bond donors (Lipinski definition) is 2. The van der Waals surface area contributed by atoms with Gasteiger partial charge in [0.15, 0.2) is 0 Å². The van der Waals surface area contributed by atoms with Crippen molar-refractivity contribution in [3.63, 3.8) is 0 Å². The van der Waals surface area contributed by atoms with E-state index in [2.05, 4.69) is 20.8 Å². The van der Waals surface area contributed by atoms with E-state index in [4.69, 9.17) is 0 Å². The van der Waals surface area contributed by atoms with E-state index in [1.807, 2.05) is 56.3 Å². The Hall–Kier alpha value is -2.47. The van der Waals surface area contributed by atoms with Crippen LogP contribution in [0.3, 0.4) is 0 Å². The van der Waals surface area contributed by atoms with Crippen molar-refractivity contribution in [1.82, 2.24) is 20.6 Å². The highest BCUT2D eigenvalue weighted by molar-refractivity contribution is 6.01. The number of carbonyl (C=O) groups excluding carboxylic acids is 1. The highest BCUT2D eigenvalue weighted by atomic mass is 16.1. The summed E-state index contributed by atoms with van der Waals surface area (Å²) in [7, 11) is 3.97. The topological polar surface area (TPSA) is 69.6 Å². The van der Waals surface area contributed by atoms with Gasteiger partial charge in [-0.25, -0.2) is 0 Å². The number of aromatic nitrogens is 1. The third-order valence-electron chi connectivity index (χ3n) is 3.97. The lowest BCUT2D eigenvalue weighted by Gasteiger charge is -2.19. The Morgan fingerprint density at radius 1 is 1.36 bits per heavy atom. The highest BCUT2D eigenvalue weighted by Gasteiger charge is 2.17. The van der Waals surface area contributed by atoms with Crippen molar-refractivity contribution in [2.24, 2.45) is 11.0 Å². The molecule has 0 saturated carbocycles. The quantitative estimate of drug-likeness (QED) is 0.829. The molecule has 0 saturated heterocycles. The van der Waals surface area contributed by atoms with Gasteiger partial charge in [-0.3, -0.25) is 9.78 Å². The molecule has 0 spiro atoms. The van der Waals surface area contributed by atoms with Crippen molar-refractivity contribution in [2.45, 2.75) is 19.8 Å². The molecule has 25 heavy (non-hydrogen) atoms. The maximum absolute atomic E-state index is 12.5. The molecule has 2 heterocycles. The predicted octanol–water partition coefficient (Wildman–Crippen LogP) is 1.92. The van der Waals surface area contributed by atoms with Gasteiger partial charge < -0.3 is 15.6 Å². The summed E-state index contributed by atoms with van der Waals surface area (Å²) >= 11 is 0. The van der Waals surface area contributed by atoms with Gasteiger partial charge >= 0.3 is 0 Å². The molecule has 0 bridgehead atoms. The average Bonchev–Trinajstić information content (AvgIpc) is 2.72. The van der Waals surface area contributed by atoms with Crippen LogP contribution >= 0.6 is 0 Å². The van der Waals surface area contributed by atoms with Crippen molar-refractivity contribution < 1.29 is 4.79 Å². The van der Waals surface area contributed by atoms with E-state index < -0.39 is 0 Å². The zero-order valence-electron chi connectivity index (χ0n) is 15.2. The van der Waals surface area contributed by atoms with Gasteiger partial charge in [-0.1, -0.05) is 19.1 Å². The minimum Gasteiger partial charge on any atom is -0.326 e. The molecule has 0 radical (unpaired) electrons. The third kappa shape index (κ3) is 6.15. The van der Waals surface area contributed by atoms with Gasteiger partial charge in [0.25, 0.3) is 0 Å². The summed E-state index contributed by atoms with van der Waals surface area (Å²) in [5.41, 5.74) is 5.78. The fourth-order valence-electron chi connectivity index (χ4n) is 2.60. The minimum absolute atomic E-state index is 0.0246. The largest absolute Gasteiger partial charge is 0.326 e. The summed E-state index contributed by atoms with van der Waals surface area (Å²) < 4.78 is 0. The fraction of sp³-hybridized carbons (Fsp3) is 0.421. The number of amides is 1. The Kier molecular flexibility index (Phi) is 7.35. The highest BCUT2D eigenvalue weighted by Crippen LogP contribution is 2.09. The molecule has 6 nitrogen and oxygen atoms in total. The normalized spacial score (nSPS) is 21.4. The molecule has 1 aromatic rings. The van der Waals surface area contributed by atoms with Crippen LogP contribution in [0, 0.1) is 5.92 Å². The molecule has 1 atom stereocenters. The van der Waals surface area contributed by atoms with Gasteiger partial charge in [-0.15, -0.1) is 0 Å². The van der Waals surface area contributed by atoms with Crippen LogP contribution < -0.4 is 10.7 Å². The van der Waals surface area contributed by atoms with Crippen LogP contribution in [0.5, 0.6) is 0 Å². The summed E-state index contributed by atoms with van der Waals surface area (Å²) in [5, 5.41) is 7.50. The number of allylic oxidation sites excluding steroid dienone is 2. The smallest absolute Gasteiger partial charge is 0.228 e. The minimum atomic E-state index is -0.0246. The zero-order chi connectivity index (χ0) is 18.1. The van der Waals surface area contributed by atoms with Crippen molar-refractivity contribution in [1.29, 1.82) is 0 Å². The van der Waals surface area contributed by atoms with Gasteiger partial charge in [0.2, 0.25) is 5.91 Å². The SMILES string of the molecule is CCC(CN(C)C)C(=O)NC1=C/C/C(c2ccncc2)=N\NC/C=C\1. The standard InChI is InChI=1S/C19H27N5O/c1-4-15(14-24(2)3)19(25)22-17-6-5-11-21-23-18(8-7-17)16-9-12-20-13-10-16/h5-7,9-10,12-13,15,21H,4,8,11,14H2,1-3H3,(H,22,25)/b6-5-,17-7+,23-18+. The van der Waals surface area contributed by atoms with Crippen molar-refractivity contribution in [3.05, 3.63) is 54.0 Å². The summed E-state index contributed by atoms with van der Waals surface area (Å²) in [5.74, 6) is 0.0325. The van der Waals surface area contributed by atoms with Crippen LogP contribution in [0.25, 0.3) is 0 Å². The summed E-state index contributed by atoms with van der Waals surface area (Å²) in [6.07, 6.45) is 10.8. The molecule has 1 aliphatic rings. The first-order valence-corrected chi connectivity index (χ1v) is 8.62. The predicted molar refractivity (Wildman–Crippen MR) is 101 cm³/mol. The molecule has 2 N–H and O–H groups in total. The fourth-order valence-corrected chi connectivity index (χ4v) is 2.60. The number of rotatable bonds is 6. The Bertz CT molecular complexity index is 649. The van der Waals surface area contributed by atoms with Gasteiger partial charge in [0.05, 0.1) is 18.2 Å². The first kappa shape index (κ1) is 18.9. The monoisotopic (exact) mass is 341 g/mol. The molecule has 0 aliphatic carbocycles. The second-order valence-electron chi connectivity index (χ2n) is 6.28. The molecule has 0 fully saturated rings. The number of carbonyl (C=O) groups is 1. The van der Waals surface area contributed by atoms with Crippen LogP contribution in [0.4, 0.5) is 0 Å². The lowest BCUT2D eigenvalue weighted by molar-refractivity contribution is -0.124. The van der Waals surface area contributed by atoms with E-state index in [1.54, 1.807) is 12.4 Å². The number of hydrogen-bond acceptors (Lipinski definition) is 5. The Morgan fingerprint density at radius 3 is 2.80 bits per heavy atom. The second-order valence-corrected chi connectivity index (χ2v) is 6.28. The average molecular weight is 341 g/mol. The first-order valence-electron chi connectivity index (χ1n) is 8.62. The zero-order valence-corrected chi connectivity index (χ0v) is 15.2. The number of hydrazone groups is 1. The second kappa shape index (κ2) is 9.74. The van der Waals surface area contributed by atoms with Gasteiger partial charge in [-0.2, -0.15) is 5.10 Å². The van der Waals surface area contributed by atoms with Crippen LogP contribution in [0.2, 0.25) is 0 Å². The van der Waals surface area contributed by atoms with Crippen LogP contribution in [0.1, 0.15) is 25.3 Å². The summed E-state index contributed by atoms with van der Waals surface area (Å²) in [6.45, 7) is 3.39. The van der Waals surface area contributed by atoms with E-state index in [1.165, 1.54) is 0 Å². The number of nitrogens with zero attached hydrogens (tertiary/aromatic N) is 3. The van der Waals surface area contributed by atoms with Gasteiger partial charge in [0, 0.05) is 36.6 Å². The molecule has 1 unspecified atom stereocenters. The maximum atomic E-state index is 12.5. The van der Waals surface area contributed by atoms with Gasteiger partial charge in [-0.05, 0) is 38.7 Å². The molecule has 6 heteroatoms. The molecule has 1 amide bonds. The van der Waals surface area contributed by atoms with E-state index >= 15 is 0 Å². The maximum Gasteiger partial charge on any atom is 0.228 e. The molecule has 2 rings (SSSR count). The third-order valence-corrected chi connectivity index (χ3v) is 3.97.